The molecule has 4 N–H and O–H groups in total. The summed E-state index contributed by atoms with van der Waals surface area (Å²) in [4.78, 5) is 24.8. The number of carbonyl (C=O) groups excluding carboxylic acids is 2. The van der Waals surface area contributed by atoms with E-state index in [1.807, 2.05) is 4.90 Å². The number of nitrogens with two attached hydrogens (primary N) is 1. The zero-order valence-electron chi connectivity index (χ0n) is 12.1. The number of carbonyl (C=O) groups is 2. The SMILES string of the molecule is NC(=O)NCC1CCCN(C(=O)CNC2CCCC2)C1. The van der Waals surface area contributed by atoms with E-state index >= 15 is 0 Å². The molecule has 0 aromatic rings. The Bertz CT molecular complexity index is 342. The summed E-state index contributed by atoms with van der Waals surface area (Å²) in [7, 11) is 0. The highest BCUT2D eigenvalue weighted by atomic mass is 16.2. The highest BCUT2D eigenvalue weighted by Crippen LogP contribution is 2.18. The van der Waals surface area contributed by atoms with Gasteiger partial charge in [0.25, 0.3) is 0 Å². The Balaban J connectivity index is 1.70. The molecule has 114 valence electrons. The standard InChI is InChI=1S/C14H26N4O2/c15-14(20)17-8-11-4-3-7-18(10-11)13(19)9-16-12-5-1-2-6-12/h11-12,16H,1-10H2,(H3,15,17,20). The van der Waals surface area contributed by atoms with Crippen molar-refractivity contribution >= 4 is 11.9 Å². The Morgan fingerprint density at radius 3 is 2.60 bits per heavy atom. The number of rotatable bonds is 5. The lowest BCUT2D eigenvalue weighted by Gasteiger charge is -2.33. The lowest BCUT2D eigenvalue weighted by Crippen LogP contribution is -2.47. The van der Waals surface area contributed by atoms with Crippen molar-refractivity contribution in [3.8, 4) is 0 Å². The van der Waals surface area contributed by atoms with Crippen LogP contribution in [0.2, 0.25) is 0 Å². The van der Waals surface area contributed by atoms with Crippen LogP contribution in [0.25, 0.3) is 0 Å². The second-order valence-electron chi connectivity index (χ2n) is 5.96. The minimum Gasteiger partial charge on any atom is -0.352 e. The van der Waals surface area contributed by atoms with Crippen molar-refractivity contribution in [1.82, 2.24) is 15.5 Å². The molecule has 20 heavy (non-hydrogen) atoms. The predicted molar refractivity (Wildman–Crippen MR) is 77.1 cm³/mol. The van der Waals surface area contributed by atoms with Gasteiger partial charge in [0, 0.05) is 25.7 Å². The molecule has 3 amide bonds. The molecule has 1 unspecified atom stereocenters. The summed E-state index contributed by atoms with van der Waals surface area (Å²) in [6, 6.07) is 0.0346. The maximum absolute atomic E-state index is 12.2. The third-order valence-electron chi connectivity index (χ3n) is 4.33. The molecule has 1 aliphatic carbocycles. The number of nitrogens with zero attached hydrogens (tertiary/aromatic N) is 1. The van der Waals surface area contributed by atoms with Gasteiger partial charge in [0.2, 0.25) is 5.91 Å². The van der Waals surface area contributed by atoms with Crippen molar-refractivity contribution in [3.63, 3.8) is 0 Å². The molecule has 1 saturated carbocycles. The average Bonchev–Trinajstić information content (AvgIpc) is 2.96. The van der Waals surface area contributed by atoms with E-state index in [1.165, 1.54) is 25.7 Å². The smallest absolute Gasteiger partial charge is 0.312 e. The molecule has 0 radical (unpaired) electrons. The van der Waals surface area contributed by atoms with E-state index in [2.05, 4.69) is 10.6 Å². The molecule has 2 fully saturated rings. The van der Waals surface area contributed by atoms with Crippen molar-refractivity contribution < 1.29 is 9.59 Å². The average molecular weight is 282 g/mol. The number of urea groups is 1. The molecule has 2 aliphatic rings. The van der Waals surface area contributed by atoms with Crippen molar-refractivity contribution in [2.45, 2.75) is 44.6 Å². The minimum atomic E-state index is -0.489. The van der Waals surface area contributed by atoms with Gasteiger partial charge in [0.1, 0.15) is 0 Å². The van der Waals surface area contributed by atoms with E-state index in [0.717, 1.165) is 25.9 Å². The molecule has 1 heterocycles. The van der Waals surface area contributed by atoms with Crippen LogP contribution in [-0.2, 0) is 4.79 Å². The molecule has 1 saturated heterocycles. The normalized spacial score (nSPS) is 23.8. The summed E-state index contributed by atoms with van der Waals surface area (Å²) in [5.74, 6) is 0.507. The largest absolute Gasteiger partial charge is 0.352 e. The van der Waals surface area contributed by atoms with Crippen LogP contribution in [0.4, 0.5) is 4.79 Å². The van der Waals surface area contributed by atoms with Crippen LogP contribution >= 0.6 is 0 Å². The minimum absolute atomic E-state index is 0.181. The van der Waals surface area contributed by atoms with E-state index in [1.54, 1.807) is 0 Å². The molecule has 2 rings (SSSR count). The van der Waals surface area contributed by atoms with Crippen LogP contribution in [0.3, 0.4) is 0 Å². The van der Waals surface area contributed by atoms with Gasteiger partial charge in [-0.2, -0.15) is 0 Å². The van der Waals surface area contributed by atoms with Gasteiger partial charge < -0.3 is 21.3 Å². The summed E-state index contributed by atoms with van der Waals surface area (Å²) < 4.78 is 0. The topological polar surface area (TPSA) is 87.5 Å². The highest BCUT2D eigenvalue weighted by Gasteiger charge is 2.24. The lowest BCUT2D eigenvalue weighted by molar-refractivity contribution is -0.132. The van der Waals surface area contributed by atoms with Crippen LogP contribution in [0.1, 0.15) is 38.5 Å². The van der Waals surface area contributed by atoms with Crippen LogP contribution in [0.5, 0.6) is 0 Å². The maximum Gasteiger partial charge on any atom is 0.312 e. The van der Waals surface area contributed by atoms with Crippen molar-refractivity contribution in [2.75, 3.05) is 26.2 Å². The summed E-state index contributed by atoms with van der Waals surface area (Å²) in [5, 5.41) is 6.00. The van der Waals surface area contributed by atoms with Gasteiger partial charge in [-0.15, -0.1) is 0 Å². The molecular formula is C14H26N4O2. The number of hydrogen-bond donors (Lipinski definition) is 3. The Morgan fingerprint density at radius 1 is 1.15 bits per heavy atom. The molecule has 0 bridgehead atoms. The van der Waals surface area contributed by atoms with Gasteiger partial charge in [0.15, 0.2) is 0 Å². The predicted octanol–water partition coefficient (Wildman–Crippen LogP) is 0.425. The third-order valence-corrected chi connectivity index (χ3v) is 4.33. The van der Waals surface area contributed by atoms with E-state index in [4.69, 9.17) is 5.73 Å². The van der Waals surface area contributed by atoms with E-state index in [9.17, 15) is 9.59 Å². The number of amides is 3. The number of hydrogen-bond acceptors (Lipinski definition) is 3. The summed E-state index contributed by atoms with van der Waals surface area (Å²) >= 11 is 0. The first kappa shape index (κ1) is 15.1. The third kappa shape index (κ3) is 4.67. The van der Waals surface area contributed by atoms with Gasteiger partial charge in [-0.25, -0.2) is 4.79 Å². The Hall–Kier alpha value is -1.30. The lowest BCUT2D eigenvalue weighted by atomic mass is 9.98. The van der Waals surface area contributed by atoms with Gasteiger partial charge in [0.05, 0.1) is 6.54 Å². The van der Waals surface area contributed by atoms with Crippen LogP contribution in [-0.4, -0.2) is 49.1 Å². The molecule has 6 nitrogen and oxygen atoms in total. The quantitative estimate of drug-likeness (QED) is 0.683. The number of piperidine rings is 1. The molecule has 1 aliphatic heterocycles. The Morgan fingerprint density at radius 2 is 1.90 bits per heavy atom. The van der Waals surface area contributed by atoms with E-state index < -0.39 is 6.03 Å². The Kier molecular flexibility index (Phi) is 5.64. The summed E-state index contributed by atoms with van der Waals surface area (Å²) in [6.07, 6.45) is 6.98. The number of likely N-dealkylation sites (tertiary alicyclic amines) is 1. The van der Waals surface area contributed by atoms with Crippen LogP contribution in [0.15, 0.2) is 0 Å². The first-order valence-corrected chi connectivity index (χ1v) is 7.69. The second-order valence-corrected chi connectivity index (χ2v) is 5.96. The molecule has 0 aromatic heterocycles. The zero-order valence-corrected chi connectivity index (χ0v) is 12.1. The summed E-state index contributed by atoms with van der Waals surface area (Å²) in [6.45, 7) is 2.57. The van der Waals surface area contributed by atoms with Crippen LogP contribution in [0, 0.1) is 5.92 Å². The first-order valence-electron chi connectivity index (χ1n) is 7.69. The van der Waals surface area contributed by atoms with Crippen LogP contribution < -0.4 is 16.4 Å². The molecule has 0 spiro atoms. The van der Waals surface area contributed by atoms with Gasteiger partial charge >= 0.3 is 6.03 Å². The highest BCUT2D eigenvalue weighted by molar-refractivity contribution is 5.78. The molecule has 6 heteroatoms. The zero-order chi connectivity index (χ0) is 14.4. The van der Waals surface area contributed by atoms with Gasteiger partial charge in [-0.05, 0) is 31.6 Å². The summed E-state index contributed by atoms with van der Waals surface area (Å²) in [5.41, 5.74) is 5.08. The fraction of sp³-hybridized carbons (Fsp3) is 0.857. The van der Waals surface area contributed by atoms with Crippen molar-refractivity contribution in [1.29, 1.82) is 0 Å². The monoisotopic (exact) mass is 282 g/mol. The molecule has 0 aromatic carbocycles. The fourth-order valence-electron chi connectivity index (χ4n) is 3.18. The van der Waals surface area contributed by atoms with Crippen molar-refractivity contribution in [3.05, 3.63) is 0 Å². The Labute approximate surface area is 120 Å². The second kappa shape index (κ2) is 7.47. The fourth-order valence-corrected chi connectivity index (χ4v) is 3.18. The van der Waals surface area contributed by atoms with Gasteiger partial charge in [-0.1, -0.05) is 12.8 Å². The molecule has 1 atom stereocenters. The van der Waals surface area contributed by atoms with E-state index in [-0.39, 0.29) is 5.91 Å². The number of primary amides is 1. The molecular weight excluding hydrogens is 256 g/mol. The maximum atomic E-state index is 12.2. The van der Waals surface area contributed by atoms with E-state index in [0.29, 0.717) is 25.0 Å². The van der Waals surface area contributed by atoms with Crippen molar-refractivity contribution in [2.24, 2.45) is 11.7 Å². The van der Waals surface area contributed by atoms with Gasteiger partial charge in [-0.3, -0.25) is 4.79 Å². The number of nitrogens with one attached hydrogen (secondary N) is 2. The first-order chi connectivity index (χ1) is 9.65.